The molecule has 0 aromatic heterocycles. The number of hydrogen-bond acceptors (Lipinski definition) is 6. The summed E-state index contributed by atoms with van der Waals surface area (Å²) in [5, 5.41) is 0.127. The number of imide groups is 1. The highest BCUT2D eigenvalue weighted by Crippen LogP contribution is 2.37. The Morgan fingerprint density at radius 2 is 1.79 bits per heavy atom. The van der Waals surface area contributed by atoms with Crippen molar-refractivity contribution in [3.8, 4) is 17.2 Å². The first-order valence-corrected chi connectivity index (χ1v) is 9.58. The molecule has 2 aromatic carbocycles. The molecule has 0 bridgehead atoms. The van der Waals surface area contributed by atoms with Gasteiger partial charge in [0, 0.05) is 5.56 Å². The Hall–Kier alpha value is -2.64. The number of nitrogens with zero attached hydrogens (tertiary/aromatic N) is 1. The van der Waals surface area contributed by atoms with Crippen LogP contribution in [0, 0.1) is 0 Å². The number of hydrogen-bond donors (Lipinski definition) is 0. The summed E-state index contributed by atoms with van der Waals surface area (Å²) >= 11 is 6.92. The first kappa shape index (κ1) is 20.1. The maximum Gasteiger partial charge on any atom is 0.293 e. The molecular weight excluding hydrogens is 402 g/mol. The molecule has 1 aliphatic rings. The van der Waals surface area contributed by atoms with Gasteiger partial charge in [-0.25, -0.2) is 0 Å². The first-order chi connectivity index (χ1) is 13.5. The molecular formula is C20H18ClNO5S. The minimum atomic E-state index is -0.373. The fourth-order valence-electron chi connectivity index (χ4n) is 2.67. The van der Waals surface area contributed by atoms with Crippen LogP contribution in [0.5, 0.6) is 17.2 Å². The van der Waals surface area contributed by atoms with Crippen molar-refractivity contribution >= 4 is 40.6 Å². The highest BCUT2D eigenvalue weighted by molar-refractivity contribution is 8.18. The van der Waals surface area contributed by atoms with E-state index in [0.29, 0.717) is 32.7 Å². The van der Waals surface area contributed by atoms with Gasteiger partial charge in [0.15, 0.2) is 11.5 Å². The summed E-state index contributed by atoms with van der Waals surface area (Å²) < 4.78 is 16.2. The van der Waals surface area contributed by atoms with E-state index in [4.69, 9.17) is 25.8 Å². The molecule has 28 heavy (non-hydrogen) atoms. The average Bonchev–Trinajstić information content (AvgIpc) is 2.96. The molecule has 8 heteroatoms. The first-order valence-electron chi connectivity index (χ1n) is 8.39. The Kier molecular flexibility index (Phi) is 6.49. The van der Waals surface area contributed by atoms with E-state index in [1.54, 1.807) is 48.5 Å². The van der Waals surface area contributed by atoms with Crippen molar-refractivity contribution < 1.29 is 23.8 Å². The second kappa shape index (κ2) is 9.03. The third-order valence-corrected chi connectivity index (χ3v) is 5.22. The minimum absolute atomic E-state index is 0.127. The van der Waals surface area contributed by atoms with Gasteiger partial charge in [0.2, 0.25) is 0 Å². The van der Waals surface area contributed by atoms with Gasteiger partial charge in [-0.1, -0.05) is 35.9 Å². The Morgan fingerprint density at radius 3 is 2.50 bits per heavy atom. The molecule has 146 valence electrons. The molecule has 0 radical (unpaired) electrons. The topological polar surface area (TPSA) is 65.1 Å². The van der Waals surface area contributed by atoms with Crippen LogP contribution in [0.1, 0.15) is 5.56 Å². The number of rotatable bonds is 7. The zero-order valence-electron chi connectivity index (χ0n) is 15.3. The van der Waals surface area contributed by atoms with E-state index >= 15 is 0 Å². The molecule has 3 rings (SSSR count). The van der Waals surface area contributed by atoms with E-state index in [1.807, 2.05) is 0 Å². The van der Waals surface area contributed by atoms with Crippen molar-refractivity contribution in [3.05, 3.63) is 58.0 Å². The third kappa shape index (κ3) is 4.26. The molecule has 1 heterocycles. The molecule has 0 N–H and O–H groups in total. The van der Waals surface area contributed by atoms with E-state index < -0.39 is 0 Å². The monoisotopic (exact) mass is 419 g/mol. The summed E-state index contributed by atoms with van der Waals surface area (Å²) in [6.45, 7) is 0.278. The standard InChI is InChI=1S/C20H18ClNO5S/c1-25-16-9-5-6-13(18(16)26-2)12-17-19(23)22(20(24)28-17)10-11-27-15-8-4-3-7-14(15)21/h3-9,12H,10-11H2,1-2H3/b17-12-. The van der Waals surface area contributed by atoms with Crippen LogP contribution < -0.4 is 14.2 Å². The number of halogens is 1. The maximum absolute atomic E-state index is 12.6. The Morgan fingerprint density at radius 1 is 1.04 bits per heavy atom. The van der Waals surface area contributed by atoms with Crippen molar-refractivity contribution in [3.63, 3.8) is 0 Å². The summed E-state index contributed by atoms with van der Waals surface area (Å²) in [7, 11) is 3.06. The average molecular weight is 420 g/mol. The van der Waals surface area contributed by atoms with Gasteiger partial charge in [-0.15, -0.1) is 0 Å². The van der Waals surface area contributed by atoms with Crippen molar-refractivity contribution in [2.24, 2.45) is 0 Å². The molecule has 2 amide bonds. The lowest BCUT2D eigenvalue weighted by Gasteiger charge is -2.14. The number of amides is 2. The van der Waals surface area contributed by atoms with Gasteiger partial charge in [0.25, 0.3) is 11.1 Å². The molecule has 0 saturated carbocycles. The lowest BCUT2D eigenvalue weighted by Crippen LogP contribution is -2.32. The van der Waals surface area contributed by atoms with Crippen molar-refractivity contribution in [2.75, 3.05) is 27.4 Å². The Balaban J connectivity index is 1.71. The van der Waals surface area contributed by atoms with Crippen LogP contribution in [0.25, 0.3) is 6.08 Å². The van der Waals surface area contributed by atoms with Gasteiger partial charge in [-0.2, -0.15) is 0 Å². The van der Waals surface area contributed by atoms with Gasteiger partial charge in [-0.3, -0.25) is 14.5 Å². The summed E-state index contributed by atoms with van der Waals surface area (Å²) in [4.78, 5) is 26.4. The molecule has 0 atom stereocenters. The summed E-state index contributed by atoms with van der Waals surface area (Å²) in [6, 6.07) is 12.4. The Bertz CT molecular complexity index is 931. The zero-order valence-corrected chi connectivity index (χ0v) is 16.9. The van der Waals surface area contributed by atoms with Gasteiger partial charge in [-0.05, 0) is 36.0 Å². The summed E-state index contributed by atoms with van der Waals surface area (Å²) in [5.41, 5.74) is 0.652. The van der Waals surface area contributed by atoms with Crippen LogP contribution >= 0.6 is 23.4 Å². The normalized spacial score (nSPS) is 15.2. The van der Waals surface area contributed by atoms with Crippen LogP contribution in [0.4, 0.5) is 4.79 Å². The molecule has 1 fully saturated rings. The summed E-state index contributed by atoms with van der Waals surface area (Å²) in [5.74, 6) is 1.18. The molecule has 2 aromatic rings. The molecule has 0 unspecified atom stereocenters. The lowest BCUT2D eigenvalue weighted by atomic mass is 10.1. The molecule has 0 spiro atoms. The lowest BCUT2D eigenvalue weighted by molar-refractivity contribution is -0.123. The van der Waals surface area contributed by atoms with Gasteiger partial charge in [0.1, 0.15) is 12.4 Å². The number of methoxy groups -OCH3 is 2. The van der Waals surface area contributed by atoms with Crippen LogP contribution in [0.3, 0.4) is 0 Å². The van der Waals surface area contributed by atoms with Crippen molar-refractivity contribution in [1.82, 2.24) is 4.90 Å². The van der Waals surface area contributed by atoms with E-state index in [9.17, 15) is 9.59 Å². The van der Waals surface area contributed by atoms with E-state index in [2.05, 4.69) is 0 Å². The highest BCUT2D eigenvalue weighted by atomic mass is 35.5. The number of carbonyl (C=O) groups excluding carboxylic acids is 2. The zero-order chi connectivity index (χ0) is 20.1. The van der Waals surface area contributed by atoms with Crippen LogP contribution in [-0.2, 0) is 4.79 Å². The molecule has 1 saturated heterocycles. The number of thioether (sulfide) groups is 1. The third-order valence-electron chi connectivity index (χ3n) is 4.00. The maximum atomic E-state index is 12.6. The smallest absolute Gasteiger partial charge is 0.293 e. The minimum Gasteiger partial charge on any atom is -0.493 e. The van der Waals surface area contributed by atoms with E-state index in [0.717, 1.165) is 16.7 Å². The fourth-order valence-corrected chi connectivity index (χ4v) is 3.71. The van der Waals surface area contributed by atoms with Gasteiger partial charge < -0.3 is 14.2 Å². The quantitative estimate of drug-likeness (QED) is 0.617. The van der Waals surface area contributed by atoms with Gasteiger partial charge >= 0.3 is 0 Å². The molecule has 0 aliphatic carbocycles. The number of ether oxygens (including phenoxy) is 3. The molecule has 1 aliphatic heterocycles. The summed E-state index contributed by atoms with van der Waals surface area (Å²) in [6.07, 6.45) is 1.63. The van der Waals surface area contributed by atoms with Crippen molar-refractivity contribution in [1.29, 1.82) is 0 Å². The SMILES string of the molecule is COc1cccc(/C=C2\SC(=O)N(CCOc3ccccc3Cl)C2=O)c1OC. The van der Waals surface area contributed by atoms with Crippen LogP contribution in [0.2, 0.25) is 5.02 Å². The van der Waals surface area contributed by atoms with Gasteiger partial charge in [0.05, 0.1) is 30.7 Å². The number of benzene rings is 2. The fraction of sp³-hybridized carbons (Fsp3) is 0.200. The predicted octanol–water partition coefficient (Wildman–Crippen LogP) is 4.47. The Labute approximate surface area is 172 Å². The van der Waals surface area contributed by atoms with E-state index in [1.165, 1.54) is 14.2 Å². The second-order valence-corrected chi connectivity index (χ2v) is 7.10. The second-order valence-electron chi connectivity index (χ2n) is 5.69. The van der Waals surface area contributed by atoms with E-state index in [-0.39, 0.29) is 24.3 Å². The van der Waals surface area contributed by atoms with Crippen molar-refractivity contribution in [2.45, 2.75) is 0 Å². The predicted molar refractivity (Wildman–Crippen MR) is 109 cm³/mol. The largest absolute Gasteiger partial charge is 0.493 e. The van der Waals surface area contributed by atoms with Crippen LogP contribution in [-0.4, -0.2) is 43.4 Å². The molecule has 6 nitrogen and oxygen atoms in total. The number of carbonyl (C=O) groups is 2. The highest BCUT2D eigenvalue weighted by Gasteiger charge is 2.35. The van der Waals surface area contributed by atoms with Crippen LogP contribution in [0.15, 0.2) is 47.4 Å². The number of para-hydroxylation sites is 2.